The van der Waals surface area contributed by atoms with Gasteiger partial charge in [-0.1, -0.05) is 73.8 Å². The van der Waals surface area contributed by atoms with Gasteiger partial charge in [-0.05, 0) is 17.2 Å². The zero-order valence-electron chi connectivity index (χ0n) is 10.9. The van der Waals surface area contributed by atoms with E-state index in [0.29, 0.717) is 5.92 Å². The number of rotatable bonds is 4. The number of hydrogen-bond donors (Lipinski definition) is 0. The molecule has 0 heterocycles. The Morgan fingerprint density at radius 2 is 1.22 bits per heavy atom. The van der Waals surface area contributed by atoms with Crippen molar-refractivity contribution in [1.29, 1.82) is 0 Å². The maximum absolute atomic E-state index is 6.57. The van der Waals surface area contributed by atoms with E-state index in [9.17, 15) is 0 Å². The van der Waals surface area contributed by atoms with Crippen LogP contribution in [0.4, 0.5) is 0 Å². The maximum Gasteiger partial charge on any atom is 0.151 e. The highest BCUT2D eigenvalue weighted by Gasteiger charge is 2.25. The summed E-state index contributed by atoms with van der Waals surface area (Å²) in [5, 5.41) is 0. The van der Waals surface area contributed by atoms with E-state index in [0.717, 1.165) is 6.04 Å². The van der Waals surface area contributed by atoms with Gasteiger partial charge >= 0.3 is 0 Å². The van der Waals surface area contributed by atoms with Gasteiger partial charge in [-0.2, -0.15) is 11.1 Å². The molecule has 94 valence electrons. The van der Waals surface area contributed by atoms with E-state index in [1.165, 1.54) is 11.1 Å². The Kier molecular flexibility index (Phi) is 4.26. The third-order valence-corrected chi connectivity index (χ3v) is 4.94. The molecule has 2 rings (SSSR count). The second-order valence-corrected chi connectivity index (χ2v) is 12.2. The Balaban J connectivity index is 2.36. The molecular weight excluding hydrogens is 256 g/mol. The zero-order valence-corrected chi connectivity index (χ0v) is 12.7. The third kappa shape index (κ3) is 3.72. The SMILES string of the molecule is C[Si](C)(Cl)CC(c1ccccc1)c1ccccc1. The van der Waals surface area contributed by atoms with Crippen molar-refractivity contribution in [3.63, 3.8) is 0 Å². The molecule has 0 aliphatic heterocycles. The lowest BCUT2D eigenvalue weighted by Crippen LogP contribution is -2.20. The van der Waals surface area contributed by atoms with E-state index in [1.807, 2.05) is 0 Å². The summed E-state index contributed by atoms with van der Waals surface area (Å²) >= 11 is 6.57. The van der Waals surface area contributed by atoms with Crippen LogP contribution in [-0.4, -0.2) is 7.38 Å². The quantitative estimate of drug-likeness (QED) is 0.527. The molecule has 0 N–H and O–H groups in total. The first-order valence-electron chi connectivity index (χ1n) is 6.35. The summed E-state index contributed by atoms with van der Waals surface area (Å²) in [5.74, 6) is 0.423. The summed E-state index contributed by atoms with van der Waals surface area (Å²) < 4.78 is 0. The fraction of sp³-hybridized carbons (Fsp3) is 0.250. The van der Waals surface area contributed by atoms with Gasteiger partial charge in [-0.15, -0.1) is 0 Å². The summed E-state index contributed by atoms with van der Waals surface area (Å²) in [6.45, 7) is 4.43. The van der Waals surface area contributed by atoms with E-state index in [4.69, 9.17) is 11.1 Å². The van der Waals surface area contributed by atoms with Crippen LogP contribution in [0.3, 0.4) is 0 Å². The lowest BCUT2D eigenvalue weighted by Gasteiger charge is -2.23. The second-order valence-electron chi connectivity index (χ2n) is 5.30. The first kappa shape index (κ1) is 13.4. The van der Waals surface area contributed by atoms with Gasteiger partial charge in [-0.3, -0.25) is 0 Å². The molecule has 2 aromatic rings. The van der Waals surface area contributed by atoms with E-state index in [1.54, 1.807) is 0 Å². The molecule has 2 heteroatoms. The van der Waals surface area contributed by atoms with Crippen LogP contribution in [0, 0.1) is 0 Å². The van der Waals surface area contributed by atoms with Crippen LogP contribution >= 0.6 is 11.1 Å². The Morgan fingerprint density at radius 3 is 1.56 bits per heavy atom. The average molecular weight is 275 g/mol. The minimum absolute atomic E-state index is 0.423. The lowest BCUT2D eigenvalue weighted by atomic mass is 9.93. The van der Waals surface area contributed by atoms with Crippen molar-refractivity contribution >= 4 is 18.5 Å². The Labute approximate surface area is 115 Å². The van der Waals surface area contributed by atoms with E-state index in [2.05, 4.69) is 73.8 Å². The summed E-state index contributed by atoms with van der Waals surface area (Å²) in [7, 11) is -1.61. The Hall–Kier alpha value is -1.05. The monoisotopic (exact) mass is 274 g/mol. The van der Waals surface area contributed by atoms with Crippen LogP contribution in [-0.2, 0) is 0 Å². The van der Waals surface area contributed by atoms with Gasteiger partial charge in [0.1, 0.15) is 0 Å². The molecule has 2 aromatic carbocycles. The highest BCUT2D eigenvalue weighted by atomic mass is 35.6. The molecule has 0 saturated carbocycles. The van der Waals surface area contributed by atoms with Crippen molar-refractivity contribution in [1.82, 2.24) is 0 Å². The molecule has 0 aromatic heterocycles. The summed E-state index contributed by atoms with van der Waals surface area (Å²) in [4.78, 5) is 0. The van der Waals surface area contributed by atoms with E-state index < -0.39 is 7.38 Å². The first-order valence-corrected chi connectivity index (χ1v) is 10.6. The van der Waals surface area contributed by atoms with Gasteiger partial charge in [-0.25, -0.2) is 0 Å². The molecule has 0 amide bonds. The maximum atomic E-state index is 6.57. The van der Waals surface area contributed by atoms with Crippen LogP contribution in [0.25, 0.3) is 0 Å². The topological polar surface area (TPSA) is 0 Å². The van der Waals surface area contributed by atoms with Gasteiger partial charge in [0.05, 0.1) is 0 Å². The first-order chi connectivity index (χ1) is 8.56. The van der Waals surface area contributed by atoms with Gasteiger partial charge in [0.25, 0.3) is 0 Å². The van der Waals surface area contributed by atoms with E-state index >= 15 is 0 Å². The molecule has 0 radical (unpaired) electrons. The normalized spacial score (nSPS) is 11.8. The number of halogens is 1. The minimum Gasteiger partial charge on any atom is -0.168 e. The standard InChI is InChI=1S/C16H19ClSi/c1-18(2,17)13-16(14-9-5-3-6-10-14)15-11-7-4-8-12-15/h3-12,16H,13H2,1-2H3. The van der Waals surface area contributed by atoms with Crippen molar-refractivity contribution in [3.05, 3.63) is 71.8 Å². The van der Waals surface area contributed by atoms with Crippen molar-refractivity contribution < 1.29 is 0 Å². The summed E-state index contributed by atoms with van der Waals surface area (Å²) in [6, 6.07) is 22.4. The molecule has 0 aliphatic carbocycles. The van der Waals surface area contributed by atoms with Crippen LogP contribution in [0.15, 0.2) is 60.7 Å². The van der Waals surface area contributed by atoms with Gasteiger partial charge in [0.2, 0.25) is 0 Å². The van der Waals surface area contributed by atoms with Crippen molar-refractivity contribution in [2.24, 2.45) is 0 Å². The van der Waals surface area contributed by atoms with Gasteiger partial charge < -0.3 is 0 Å². The molecule has 18 heavy (non-hydrogen) atoms. The van der Waals surface area contributed by atoms with Crippen molar-refractivity contribution in [3.8, 4) is 0 Å². The molecule has 0 fully saturated rings. The fourth-order valence-corrected chi connectivity index (χ4v) is 4.19. The largest absolute Gasteiger partial charge is 0.168 e. The summed E-state index contributed by atoms with van der Waals surface area (Å²) in [5.41, 5.74) is 2.73. The van der Waals surface area contributed by atoms with Gasteiger partial charge in [0.15, 0.2) is 7.38 Å². The number of hydrogen-bond acceptors (Lipinski definition) is 0. The molecule has 0 nitrogen and oxygen atoms in total. The highest BCUT2D eigenvalue weighted by molar-refractivity contribution is 7.19. The zero-order chi connectivity index (χ0) is 13.0. The second kappa shape index (κ2) is 5.72. The van der Waals surface area contributed by atoms with Gasteiger partial charge in [0, 0.05) is 5.92 Å². The van der Waals surface area contributed by atoms with Crippen molar-refractivity contribution in [2.45, 2.75) is 25.1 Å². The number of benzene rings is 2. The molecule has 0 unspecified atom stereocenters. The lowest BCUT2D eigenvalue weighted by molar-refractivity contribution is 0.904. The summed E-state index contributed by atoms with van der Waals surface area (Å²) in [6.07, 6.45) is 0. The van der Waals surface area contributed by atoms with E-state index in [-0.39, 0.29) is 0 Å². The molecule has 0 saturated heterocycles. The predicted molar refractivity (Wildman–Crippen MR) is 82.9 cm³/mol. The molecule has 0 spiro atoms. The van der Waals surface area contributed by atoms with Crippen molar-refractivity contribution in [2.75, 3.05) is 0 Å². The molecular formula is C16H19ClSi. The molecule has 0 bridgehead atoms. The predicted octanol–water partition coefficient (Wildman–Crippen LogP) is 5.26. The minimum atomic E-state index is -1.61. The van der Waals surface area contributed by atoms with Crippen LogP contribution < -0.4 is 0 Å². The molecule has 0 atom stereocenters. The third-order valence-electron chi connectivity index (χ3n) is 3.09. The average Bonchev–Trinajstić information content (AvgIpc) is 2.37. The fourth-order valence-electron chi connectivity index (χ4n) is 2.28. The Bertz CT molecular complexity index is 434. The Morgan fingerprint density at radius 1 is 0.833 bits per heavy atom. The van der Waals surface area contributed by atoms with Crippen LogP contribution in [0.1, 0.15) is 17.0 Å². The van der Waals surface area contributed by atoms with Crippen LogP contribution in [0.2, 0.25) is 19.1 Å². The smallest absolute Gasteiger partial charge is 0.151 e. The molecule has 0 aliphatic rings. The highest BCUT2D eigenvalue weighted by Crippen LogP contribution is 2.34. The van der Waals surface area contributed by atoms with Crippen LogP contribution in [0.5, 0.6) is 0 Å².